The van der Waals surface area contributed by atoms with Crippen molar-refractivity contribution in [1.82, 2.24) is 0 Å². The summed E-state index contributed by atoms with van der Waals surface area (Å²) in [6.07, 6.45) is 0. The number of aryl methyl sites for hydroxylation is 1. The lowest BCUT2D eigenvalue weighted by atomic mass is 10.0. The molecule has 3 heteroatoms. The molecule has 0 aliphatic heterocycles. The highest BCUT2D eigenvalue weighted by Gasteiger charge is 2.31. The number of hydrogen-bond acceptors (Lipinski definition) is 3. The highest BCUT2D eigenvalue weighted by atomic mass is 16.5. The first-order valence-electron chi connectivity index (χ1n) is 7.04. The van der Waals surface area contributed by atoms with E-state index in [1.54, 1.807) is 24.3 Å². The Balaban J connectivity index is 1.89. The van der Waals surface area contributed by atoms with Gasteiger partial charge in [0, 0.05) is 21.9 Å². The summed E-state index contributed by atoms with van der Waals surface area (Å²) in [6, 6.07) is 16.5. The molecular formula is C19H12O3. The fraction of sp³-hybridized carbons (Fsp3) is 0.0526. The molecule has 0 saturated heterocycles. The summed E-state index contributed by atoms with van der Waals surface area (Å²) in [7, 11) is 0. The van der Waals surface area contributed by atoms with Crippen molar-refractivity contribution >= 4 is 22.3 Å². The van der Waals surface area contributed by atoms with Gasteiger partial charge in [-0.05, 0) is 31.2 Å². The van der Waals surface area contributed by atoms with E-state index < -0.39 is 11.6 Å². The normalized spacial score (nSPS) is 13.0. The van der Waals surface area contributed by atoms with E-state index in [9.17, 15) is 9.59 Å². The molecule has 22 heavy (non-hydrogen) atoms. The van der Waals surface area contributed by atoms with Crippen LogP contribution in [0, 0.1) is 6.92 Å². The maximum atomic E-state index is 12.0. The van der Waals surface area contributed by atoms with Crippen LogP contribution in [0.3, 0.4) is 0 Å². The van der Waals surface area contributed by atoms with Crippen molar-refractivity contribution < 1.29 is 14.3 Å². The van der Waals surface area contributed by atoms with E-state index in [2.05, 4.69) is 0 Å². The lowest BCUT2D eigenvalue weighted by Gasteiger charge is -2.10. The molecule has 0 radical (unpaired) electrons. The molecule has 0 fully saturated rings. The molecule has 4 rings (SSSR count). The van der Waals surface area contributed by atoms with Crippen LogP contribution in [0.15, 0.2) is 54.6 Å². The molecule has 0 aromatic heterocycles. The van der Waals surface area contributed by atoms with E-state index in [-0.39, 0.29) is 0 Å². The molecule has 1 aliphatic rings. The summed E-state index contributed by atoms with van der Waals surface area (Å²) in [5.41, 5.74) is 2.09. The Morgan fingerprint density at radius 2 is 1.45 bits per heavy atom. The molecule has 3 aromatic carbocycles. The Hall–Kier alpha value is -2.94. The molecule has 0 unspecified atom stereocenters. The Kier molecular flexibility index (Phi) is 2.63. The highest BCUT2D eigenvalue weighted by molar-refractivity contribution is 6.57. The first-order valence-corrected chi connectivity index (χ1v) is 7.04. The van der Waals surface area contributed by atoms with Crippen molar-refractivity contribution in [3.05, 3.63) is 71.3 Å². The highest BCUT2D eigenvalue weighted by Crippen LogP contribution is 2.37. The summed E-state index contributed by atoms with van der Waals surface area (Å²) in [5.74, 6) is 0.495. The van der Waals surface area contributed by atoms with Gasteiger partial charge in [-0.15, -0.1) is 0 Å². The fourth-order valence-corrected chi connectivity index (χ4v) is 2.83. The van der Waals surface area contributed by atoms with Crippen LogP contribution < -0.4 is 4.74 Å². The quantitative estimate of drug-likeness (QED) is 0.660. The van der Waals surface area contributed by atoms with Crippen molar-refractivity contribution in [1.29, 1.82) is 0 Å². The van der Waals surface area contributed by atoms with E-state index >= 15 is 0 Å². The van der Waals surface area contributed by atoms with Crippen molar-refractivity contribution in [2.24, 2.45) is 0 Å². The minimum Gasteiger partial charge on any atom is -0.457 e. The second kappa shape index (κ2) is 4.53. The van der Waals surface area contributed by atoms with Gasteiger partial charge in [-0.25, -0.2) is 0 Å². The Labute approximate surface area is 127 Å². The van der Waals surface area contributed by atoms with E-state index in [0.717, 1.165) is 16.7 Å². The van der Waals surface area contributed by atoms with E-state index in [1.807, 2.05) is 37.3 Å². The predicted octanol–water partition coefficient (Wildman–Crippen LogP) is 4.32. The molecule has 3 nitrogen and oxygen atoms in total. The minimum absolute atomic E-state index is 0.437. The number of hydrogen-bond donors (Lipinski definition) is 0. The lowest BCUT2D eigenvalue weighted by molar-refractivity contribution is 0.0825. The van der Waals surface area contributed by atoms with Crippen LogP contribution in [0.4, 0.5) is 0 Å². The fourth-order valence-electron chi connectivity index (χ4n) is 2.83. The largest absolute Gasteiger partial charge is 0.457 e. The standard InChI is InChI=1S/C19H12O3/c1-11-5-7-12(8-6-11)22-16-10-9-15-17-13(16)3-2-4-14(17)18(20)19(15)21/h2-10H,1H3. The molecule has 0 amide bonds. The molecule has 0 spiro atoms. The van der Waals surface area contributed by atoms with Gasteiger partial charge in [0.25, 0.3) is 0 Å². The molecule has 3 aromatic rings. The van der Waals surface area contributed by atoms with Gasteiger partial charge in [-0.2, -0.15) is 0 Å². The van der Waals surface area contributed by atoms with Gasteiger partial charge in [0.05, 0.1) is 0 Å². The molecule has 0 saturated carbocycles. The summed E-state index contributed by atoms with van der Waals surface area (Å²) in [5, 5.41) is 1.48. The van der Waals surface area contributed by atoms with Gasteiger partial charge in [-0.1, -0.05) is 35.9 Å². The van der Waals surface area contributed by atoms with E-state index in [4.69, 9.17) is 4.74 Å². The summed E-state index contributed by atoms with van der Waals surface area (Å²) < 4.78 is 5.93. The van der Waals surface area contributed by atoms with Gasteiger partial charge < -0.3 is 4.74 Å². The maximum absolute atomic E-state index is 12.0. The number of ketones is 2. The first kappa shape index (κ1) is 12.8. The maximum Gasteiger partial charge on any atom is 0.234 e. The number of carbonyl (C=O) groups is 2. The molecular weight excluding hydrogens is 276 g/mol. The molecule has 106 valence electrons. The Morgan fingerprint density at radius 1 is 0.773 bits per heavy atom. The van der Waals surface area contributed by atoms with Crippen molar-refractivity contribution in [3.63, 3.8) is 0 Å². The average Bonchev–Trinajstić information content (AvgIpc) is 2.79. The van der Waals surface area contributed by atoms with E-state index in [1.165, 1.54) is 0 Å². The van der Waals surface area contributed by atoms with Crippen LogP contribution in [0.25, 0.3) is 10.8 Å². The second-order valence-electron chi connectivity index (χ2n) is 5.41. The van der Waals surface area contributed by atoms with Gasteiger partial charge >= 0.3 is 0 Å². The third kappa shape index (κ3) is 1.76. The monoisotopic (exact) mass is 288 g/mol. The van der Waals surface area contributed by atoms with Crippen molar-refractivity contribution in [2.75, 3.05) is 0 Å². The zero-order valence-corrected chi connectivity index (χ0v) is 11.9. The predicted molar refractivity (Wildman–Crippen MR) is 83.9 cm³/mol. The Bertz CT molecular complexity index is 917. The minimum atomic E-state index is -0.437. The zero-order chi connectivity index (χ0) is 15.3. The van der Waals surface area contributed by atoms with Crippen molar-refractivity contribution in [2.45, 2.75) is 6.92 Å². The van der Waals surface area contributed by atoms with E-state index in [0.29, 0.717) is 22.3 Å². The number of ether oxygens (including phenoxy) is 1. The van der Waals surface area contributed by atoms with Crippen LogP contribution in [0.1, 0.15) is 26.3 Å². The van der Waals surface area contributed by atoms with Gasteiger partial charge in [-0.3, -0.25) is 9.59 Å². The number of Topliss-reactive ketones (excluding diaryl/α,β-unsaturated/α-hetero) is 2. The smallest absolute Gasteiger partial charge is 0.234 e. The van der Waals surface area contributed by atoms with Crippen LogP contribution >= 0.6 is 0 Å². The molecule has 0 bridgehead atoms. The summed E-state index contributed by atoms with van der Waals surface area (Å²) in [4.78, 5) is 24.0. The van der Waals surface area contributed by atoms with Crippen molar-refractivity contribution in [3.8, 4) is 11.5 Å². The zero-order valence-electron chi connectivity index (χ0n) is 11.9. The molecule has 0 N–H and O–H groups in total. The number of rotatable bonds is 2. The summed E-state index contributed by atoms with van der Waals surface area (Å²) in [6.45, 7) is 2.01. The van der Waals surface area contributed by atoms with Crippen LogP contribution in [0.2, 0.25) is 0 Å². The third-order valence-corrected chi connectivity index (χ3v) is 3.94. The first-order chi connectivity index (χ1) is 10.6. The Morgan fingerprint density at radius 3 is 2.18 bits per heavy atom. The second-order valence-corrected chi connectivity index (χ2v) is 5.41. The van der Waals surface area contributed by atoms with Gasteiger partial charge in [0.1, 0.15) is 11.5 Å². The number of benzene rings is 3. The van der Waals surface area contributed by atoms with Crippen LogP contribution in [-0.4, -0.2) is 11.6 Å². The topological polar surface area (TPSA) is 43.4 Å². The SMILES string of the molecule is Cc1ccc(Oc2ccc3c4c(cccc24)C(=O)C3=O)cc1. The third-order valence-electron chi connectivity index (χ3n) is 3.94. The molecule has 0 heterocycles. The average molecular weight is 288 g/mol. The van der Waals surface area contributed by atoms with Gasteiger partial charge in [0.2, 0.25) is 11.6 Å². The summed E-state index contributed by atoms with van der Waals surface area (Å²) >= 11 is 0. The molecule has 0 atom stereocenters. The van der Waals surface area contributed by atoms with Gasteiger partial charge in [0.15, 0.2) is 0 Å². The molecule has 1 aliphatic carbocycles. The number of carbonyl (C=O) groups excluding carboxylic acids is 2. The van der Waals surface area contributed by atoms with Crippen LogP contribution in [-0.2, 0) is 0 Å². The lowest BCUT2D eigenvalue weighted by Crippen LogP contribution is -2.05. The van der Waals surface area contributed by atoms with Crippen LogP contribution in [0.5, 0.6) is 11.5 Å².